The van der Waals surface area contributed by atoms with Gasteiger partial charge >= 0.3 is 0 Å². The Balaban J connectivity index is 0.900. The SMILES string of the molecule is C1=CCC2=C(C=C1)Oc1ccccc1N2c1ccc(-c2nc(-c3ccc(N4c5ccccc5Oc5ccccc54)cc3)nc(-c3ccc(N4c5ccccc5Oc5ccccc54)cc3)n2)cc1. The molecule has 0 saturated carbocycles. The molecule has 4 aliphatic rings. The number of hydrogen-bond donors (Lipinski definition) is 0. The molecule has 0 unspecified atom stereocenters. The van der Waals surface area contributed by atoms with Crippen molar-refractivity contribution in [2.24, 2.45) is 0 Å². The van der Waals surface area contributed by atoms with Gasteiger partial charge in [0, 0.05) is 40.2 Å². The van der Waals surface area contributed by atoms with Crippen molar-refractivity contribution in [2.75, 3.05) is 14.7 Å². The van der Waals surface area contributed by atoms with Crippen molar-refractivity contribution < 1.29 is 14.2 Å². The molecule has 1 aromatic heterocycles. The number of ether oxygens (including phenoxy) is 3. The van der Waals surface area contributed by atoms with Gasteiger partial charge in [0.15, 0.2) is 46.2 Å². The van der Waals surface area contributed by atoms with Crippen LogP contribution in [0.1, 0.15) is 6.42 Å². The van der Waals surface area contributed by atoms with E-state index in [4.69, 9.17) is 29.2 Å². The highest BCUT2D eigenvalue weighted by molar-refractivity contribution is 5.88. The van der Waals surface area contributed by atoms with Gasteiger partial charge in [-0.1, -0.05) is 78.9 Å². The molecule has 1 aliphatic carbocycles. The molecule has 9 nitrogen and oxygen atoms in total. The van der Waals surface area contributed by atoms with Crippen LogP contribution in [0, 0.1) is 0 Å². The second-order valence-corrected chi connectivity index (χ2v) is 16.4. The van der Waals surface area contributed by atoms with Crippen LogP contribution in [0.4, 0.5) is 45.5 Å². The van der Waals surface area contributed by atoms with Gasteiger partial charge in [0.05, 0.1) is 34.1 Å². The number of para-hydroxylation sites is 10. The summed E-state index contributed by atoms with van der Waals surface area (Å²) in [4.78, 5) is 22.2. The lowest BCUT2D eigenvalue weighted by Gasteiger charge is -2.34. The molecule has 0 amide bonds. The van der Waals surface area contributed by atoms with Gasteiger partial charge < -0.3 is 28.9 Å². The van der Waals surface area contributed by atoms with Crippen LogP contribution in [0.25, 0.3) is 34.2 Å². The molecule has 9 heteroatoms. The van der Waals surface area contributed by atoms with Crippen molar-refractivity contribution in [1.29, 1.82) is 0 Å². The molecule has 8 aromatic carbocycles. The van der Waals surface area contributed by atoms with E-state index in [0.29, 0.717) is 17.5 Å². The summed E-state index contributed by atoms with van der Waals surface area (Å²) >= 11 is 0. The Morgan fingerprint density at radius 3 is 1.04 bits per heavy atom. The number of hydrogen-bond acceptors (Lipinski definition) is 9. The van der Waals surface area contributed by atoms with Gasteiger partial charge in [0.2, 0.25) is 0 Å². The van der Waals surface area contributed by atoms with E-state index in [2.05, 4.69) is 130 Å². The van der Waals surface area contributed by atoms with Crippen LogP contribution < -0.4 is 28.9 Å². The van der Waals surface area contributed by atoms with Crippen molar-refractivity contribution >= 4 is 45.5 Å². The van der Waals surface area contributed by atoms with E-state index in [1.807, 2.05) is 103 Å². The molecule has 0 fully saturated rings. The zero-order valence-electron chi connectivity index (χ0n) is 35.9. The minimum atomic E-state index is 0.562. The summed E-state index contributed by atoms with van der Waals surface area (Å²) < 4.78 is 19.0. The van der Waals surface area contributed by atoms with Crippen molar-refractivity contribution in [3.05, 3.63) is 230 Å². The van der Waals surface area contributed by atoms with E-state index in [9.17, 15) is 0 Å². The summed E-state index contributed by atoms with van der Waals surface area (Å²) in [7, 11) is 0. The van der Waals surface area contributed by atoms with Crippen molar-refractivity contribution in [2.45, 2.75) is 6.42 Å². The van der Waals surface area contributed by atoms with Crippen molar-refractivity contribution in [3.8, 4) is 62.9 Å². The van der Waals surface area contributed by atoms with Crippen LogP contribution in [-0.2, 0) is 0 Å². The number of anilines is 8. The predicted octanol–water partition coefficient (Wildman–Crippen LogP) is 15.3. The molecule has 0 radical (unpaired) electrons. The Labute approximate surface area is 387 Å². The van der Waals surface area contributed by atoms with Crippen LogP contribution in [0.2, 0.25) is 0 Å². The minimum absolute atomic E-state index is 0.562. The normalized spacial score (nSPS) is 14.0. The lowest BCUT2D eigenvalue weighted by molar-refractivity contribution is 0.427. The molecule has 13 rings (SSSR count). The van der Waals surface area contributed by atoms with E-state index in [-0.39, 0.29) is 0 Å². The summed E-state index contributed by atoms with van der Waals surface area (Å²) in [6.07, 6.45) is 9.00. The van der Waals surface area contributed by atoms with E-state index in [0.717, 1.165) is 109 Å². The number of nitrogens with zero attached hydrogens (tertiary/aromatic N) is 6. The van der Waals surface area contributed by atoms with Gasteiger partial charge in [0.25, 0.3) is 0 Å². The topological polar surface area (TPSA) is 76.1 Å². The van der Waals surface area contributed by atoms with Crippen LogP contribution in [0.15, 0.2) is 230 Å². The number of aromatic nitrogens is 3. The second kappa shape index (κ2) is 15.8. The molecular formula is C58H38N6O3. The van der Waals surface area contributed by atoms with Gasteiger partial charge in [-0.05, 0) is 140 Å². The fourth-order valence-corrected chi connectivity index (χ4v) is 9.19. The molecule has 318 valence electrons. The Morgan fingerprint density at radius 2 is 0.657 bits per heavy atom. The van der Waals surface area contributed by atoms with E-state index < -0.39 is 0 Å². The summed E-state index contributed by atoms with van der Waals surface area (Å²) in [6, 6.07) is 65.8. The number of rotatable bonds is 6. The van der Waals surface area contributed by atoms with Crippen LogP contribution in [0.3, 0.4) is 0 Å². The Hall–Kier alpha value is -9.21. The molecular weight excluding hydrogens is 829 g/mol. The van der Waals surface area contributed by atoms with Gasteiger partial charge in [-0.2, -0.15) is 0 Å². The van der Waals surface area contributed by atoms with Crippen molar-refractivity contribution in [1.82, 2.24) is 15.0 Å². The zero-order chi connectivity index (χ0) is 44.3. The molecule has 0 bridgehead atoms. The maximum atomic E-state index is 6.38. The van der Waals surface area contributed by atoms with Gasteiger partial charge in [-0.25, -0.2) is 15.0 Å². The summed E-state index contributed by atoms with van der Waals surface area (Å²) in [5.74, 6) is 6.53. The predicted molar refractivity (Wildman–Crippen MR) is 265 cm³/mol. The van der Waals surface area contributed by atoms with E-state index in [1.54, 1.807) is 0 Å². The van der Waals surface area contributed by atoms with E-state index in [1.165, 1.54) is 0 Å². The van der Waals surface area contributed by atoms with Crippen LogP contribution in [-0.4, -0.2) is 15.0 Å². The second-order valence-electron chi connectivity index (χ2n) is 16.4. The molecule has 67 heavy (non-hydrogen) atoms. The molecule has 3 aliphatic heterocycles. The third-order valence-electron chi connectivity index (χ3n) is 12.3. The standard InChI is InChI=1S/C58H38N6O3/c1-2-14-44-50(20-3-1)65-51-21-9-4-15-45(51)62(44)41-32-26-38(27-33-41)56-59-57(39-28-34-42(35-29-39)63-46-16-5-10-22-52(46)66-53-23-11-6-17-47(53)63)61-58(60-56)40-30-36-43(37-31-40)64-48-18-7-12-24-54(48)67-55-25-13-8-19-49(55)64/h1-13,15-37H,14H2. The largest absolute Gasteiger partial charge is 0.453 e. The van der Waals surface area contributed by atoms with Gasteiger partial charge in [-0.15, -0.1) is 0 Å². The molecule has 9 aromatic rings. The Kier molecular flexibility index (Phi) is 9.02. The fraction of sp³-hybridized carbons (Fsp3) is 0.0172. The maximum absolute atomic E-state index is 6.38. The monoisotopic (exact) mass is 866 g/mol. The average molecular weight is 867 g/mol. The molecule has 0 saturated heterocycles. The average Bonchev–Trinajstić information content (AvgIpc) is 3.64. The lowest BCUT2D eigenvalue weighted by Crippen LogP contribution is -2.23. The quantitative estimate of drug-likeness (QED) is 0.162. The first-order chi connectivity index (χ1) is 33.2. The van der Waals surface area contributed by atoms with Crippen molar-refractivity contribution in [3.63, 3.8) is 0 Å². The lowest BCUT2D eigenvalue weighted by atomic mass is 10.1. The Morgan fingerprint density at radius 1 is 0.328 bits per heavy atom. The minimum Gasteiger partial charge on any atom is -0.453 e. The molecule has 4 heterocycles. The number of benzene rings is 8. The highest BCUT2D eigenvalue weighted by Crippen LogP contribution is 2.52. The third kappa shape index (κ3) is 6.68. The first-order valence-corrected chi connectivity index (χ1v) is 22.2. The number of allylic oxidation sites excluding steroid dienone is 4. The molecule has 0 N–H and O–H groups in total. The number of fused-ring (bicyclic) bond motifs is 5. The van der Waals surface area contributed by atoms with E-state index >= 15 is 0 Å². The third-order valence-corrected chi connectivity index (χ3v) is 12.3. The first-order valence-electron chi connectivity index (χ1n) is 22.2. The first kappa shape index (κ1) is 38.3. The van der Waals surface area contributed by atoms with Crippen LogP contribution in [0.5, 0.6) is 28.7 Å². The van der Waals surface area contributed by atoms with Gasteiger partial charge in [-0.3, -0.25) is 0 Å². The zero-order valence-corrected chi connectivity index (χ0v) is 35.9. The highest BCUT2D eigenvalue weighted by Gasteiger charge is 2.29. The summed E-state index contributed by atoms with van der Waals surface area (Å²) in [5, 5.41) is 0. The maximum Gasteiger partial charge on any atom is 0.164 e. The molecule has 0 atom stereocenters. The van der Waals surface area contributed by atoms with Crippen LogP contribution >= 0.6 is 0 Å². The summed E-state index contributed by atoms with van der Waals surface area (Å²) in [5.41, 5.74) is 11.5. The summed E-state index contributed by atoms with van der Waals surface area (Å²) in [6.45, 7) is 0. The molecule has 0 spiro atoms. The fourth-order valence-electron chi connectivity index (χ4n) is 9.19. The Bertz CT molecular complexity index is 3240. The smallest absolute Gasteiger partial charge is 0.164 e. The highest BCUT2D eigenvalue weighted by atomic mass is 16.5. The van der Waals surface area contributed by atoms with Gasteiger partial charge in [0.1, 0.15) is 5.76 Å².